The molecule has 5 heteroatoms. The molecule has 18 heavy (non-hydrogen) atoms. The summed E-state index contributed by atoms with van der Waals surface area (Å²) in [6, 6.07) is 6.35. The number of benzene rings is 1. The number of methoxy groups -OCH3 is 2. The maximum absolute atomic E-state index is 5.57. The summed E-state index contributed by atoms with van der Waals surface area (Å²) < 4.78 is 11.2. The Morgan fingerprint density at radius 1 is 1.39 bits per heavy atom. The van der Waals surface area contributed by atoms with E-state index in [4.69, 9.17) is 15.3 Å². The van der Waals surface area contributed by atoms with Gasteiger partial charge in [-0.1, -0.05) is 6.07 Å². The molecule has 0 aliphatic rings. The molecule has 1 atom stereocenters. The lowest BCUT2D eigenvalue weighted by atomic mass is 10.0. The second-order valence-corrected chi connectivity index (χ2v) is 5.03. The van der Waals surface area contributed by atoms with E-state index >= 15 is 0 Å². The summed E-state index contributed by atoms with van der Waals surface area (Å²) >= 11 is 3.49. The molecule has 1 rings (SSSR count). The zero-order valence-corrected chi connectivity index (χ0v) is 12.5. The highest BCUT2D eigenvalue weighted by Crippen LogP contribution is 2.26. The van der Waals surface area contributed by atoms with Gasteiger partial charge >= 0.3 is 0 Å². The van der Waals surface area contributed by atoms with Crippen molar-refractivity contribution in [3.8, 4) is 5.75 Å². The minimum atomic E-state index is 0.264. The maximum atomic E-state index is 5.57. The highest BCUT2D eigenvalue weighted by Gasteiger charge is 2.09. The Kier molecular flexibility index (Phi) is 7.27. The number of nitrogens with two attached hydrogens (primary N) is 1. The molecule has 0 aliphatic heterocycles. The van der Waals surface area contributed by atoms with Crippen molar-refractivity contribution >= 4 is 15.9 Å². The van der Waals surface area contributed by atoms with E-state index in [-0.39, 0.29) is 6.04 Å². The van der Waals surface area contributed by atoms with Crippen LogP contribution in [-0.4, -0.2) is 26.9 Å². The van der Waals surface area contributed by atoms with Gasteiger partial charge in [-0.25, -0.2) is 0 Å². The van der Waals surface area contributed by atoms with E-state index in [0.717, 1.165) is 36.1 Å². The molecule has 0 aliphatic carbocycles. The lowest BCUT2D eigenvalue weighted by Crippen LogP contribution is -2.36. The van der Waals surface area contributed by atoms with Gasteiger partial charge in [0.1, 0.15) is 5.75 Å². The number of hydrogen-bond acceptors (Lipinski definition) is 4. The van der Waals surface area contributed by atoms with Crippen LogP contribution in [0.25, 0.3) is 0 Å². The van der Waals surface area contributed by atoms with Gasteiger partial charge in [-0.15, -0.1) is 0 Å². The van der Waals surface area contributed by atoms with Crippen LogP contribution in [0, 0.1) is 0 Å². The highest BCUT2D eigenvalue weighted by atomic mass is 79.9. The van der Waals surface area contributed by atoms with Gasteiger partial charge in [0.15, 0.2) is 0 Å². The van der Waals surface area contributed by atoms with Gasteiger partial charge in [0.05, 0.1) is 11.6 Å². The zero-order chi connectivity index (χ0) is 13.4. The monoisotopic (exact) mass is 316 g/mol. The Bertz CT molecular complexity index is 361. The van der Waals surface area contributed by atoms with Crippen molar-refractivity contribution in [1.29, 1.82) is 0 Å². The van der Waals surface area contributed by atoms with Crippen LogP contribution in [0.3, 0.4) is 0 Å². The van der Waals surface area contributed by atoms with E-state index in [1.54, 1.807) is 14.2 Å². The summed E-state index contributed by atoms with van der Waals surface area (Å²) in [4.78, 5) is 0. The molecule has 0 fully saturated rings. The van der Waals surface area contributed by atoms with Crippen molar-refractivity contribution in [2.24, 2.45) is 5.84 Å². The number of rotatable bonds is 8. The van der Waals surface area contributed by atoms with Crippen LogP contribution in [0.4, 0.5) is 0 Å². The average molecular weight is 317 g/mol. The third kappa shape index (κ3) is 4.94. The molecule has 102 valence electrons. The number of ether oxygens (including phenoxy) is 2. The number of hydrazine groups is 1. The largest absolute Gasteiger partial charge is 0.496 e. The number of halogens is 1. The minimum Gasteiger partial charge on any atom is -0.496 e. The first kappa shape index (κ1) is 15.4. The van der Waals surface area contributed by atoms with Crippen LogP contribution in [0.1, 0.15) is 18.4 Å². The van der Waals surface area contributed by atoms with Crippen LogP contribution < -0.4 is 16.0 Å². The molecule has 0 heterocycles. The van der Waals surface area contributed by atoms with E-state index in [9.17, 15) is 0 Å². The van der Waals surface area contributed by atoms with Crippen molar-refractivity contribution in [3.05, 3.63) is 28.2 Å². The first-order valence-electron chi connectivity index (χ1n) is 5.98. The average Bonchev–Trinajstić information content (AvgIpc) is 2.38. The first-order chi connectivity index (χ1) is 8.71. The molecule has 1 aromatic rings. The van der Waals surface area contributed by atoms with Crippen LogP contribution in [0.5, 0.6) is 5.75 Å². The lowest BCUT2D eigenvalue weighted by molar-refractivity contribution is 0.188. The van der Waals surface area contributed by atoms with E-state index < -0.39 is 0 Å². The predicted molar refractivity (Wildman–Crippen MR) is 76.6 cm³/mol. The molecule has 3 N–H and O–H groups in total. The normalized spacial score (nSPS) is 12.4. The molecule has 4 nitrogen and oxygen atoms in total. The predicted octanol–water partition coefficient (Wildman–Crippen LogP) is 2.26. The van der Waals surface area contributed by atoms with E-state index in [2.05, 4.69) is 33.5 Å². The number of nitrogens with one attached hydrogen (secondary N) is 1. The topological polar surface area (TPSA) is 56.5 Å². The Balaban J connectivity index is 2.55. The second kappa shape index (κ2) is 8.48. The quantitative estimate of drug-likeness (QED) is 0.439. The smallest absolute Gasteiger partial charge is 0.133 e. The van der Waals surface area contributed by atoms with Crippen LogP contribution in [0.2, 0.25) is 0 Å². The molecular weight excluding hydrogens is 296 g/mol. The fourth-order valence-electron chi connectivity index (χ4n) is 1.84. The minimum absolute atomic E-state index is 0.264. The van der Waals surface area contributed by atoms with Crippen molar-refractivity contribution in [1.82, 2.24) is 5.43 Å². The van der Waals surface area contributed by atoms with Crippen LogP contribution in [0.15, 0.2) is 22.7 Å². The molecule has 0 spiro atoms. The number of hydrogen-bond donors (Lipinski definition) is 2. The van der Waals surface area contributed by atoms with Gasteiger partial charge in [-0.05, 0) is 52.9 Å². The second-order valence-electron chi connectivity index (χ2n) is 4.17. The SMILES string of the molecule is COCCCC(Cc1ccc(OC)c(Br)c1)NN. The molecule has 0 saturated carbocycles. The fraction of sp³-hybridized carbons (Fsp3) is 0.538. The third-order valence-corrected chi connectivity index (χ3v) is 3.45. The fourth-order valence-corrected chi connectivity index (χ4v) is 2.43. The summed E-state index contributed by atoms with van der Waals surface area (Å²) in [6.45, 7) is 0.768. The molecular formula is C13H21BrN2O2. The Hall–Kier alpha value is -0.620. The van der Waals surface area contributed by atoms with Crippen molar-refractivity contribution < 1.29 is 9.47 Å². The summed E-state index contributed by atoms with van der Waals surface area (Å²) in [5, 5.41) is 0. The van der Waals surface area contributed by atoms with Crippen molar-refractivity contribution in [3.63, 3.8) is 0 Å². The first-order valence-corrected chi connectivity index (χ1v) is 6.78. The van der Waals surface area contributed by atoms with Gasteiger partial charge in [-0.2, -0.15) is 0 Å². The molecule has 0 radical (unpaired) electrons. The van der Waals surface area contributed by atoms with E-state index in [0.29, 0.717) is 0 Å². The Labute approximate surface area is 117 Å². The van der Waals surface area contributed by atoms with Gasteiger partial charge in [-0.3, -0.25) is 11.3 Å². The third-order valence-electron chi connectivity index (χ3n) is 2.84. The summed E-state index contributed by atoms with van der Waals surface area (Å²) in [7, 11) is 3.38. The van der Waals surface area contributed by atoms with E-state index in [1.165, 1.54) is 5.56 Å². The molecule has 0 aromatic heterocycles. The summed E-state index contributed by atoms with van der Waals surface area (Å²) in [5.74, 6) is 6.41. The van der Waals surface area contributed by atoms with Gasteiger partial charge in [0.2, 0.25) is 0 Å². The van der Waals surface area contributed by atoms with Gasteiger partial charge < -0.3 is 9.47 Å². The Morgan fingerprint density at radius 3 is 2.72 bits per heavy atom. The highest BCUT2D eigenvalue weighted by molar-refractivity contribution is 9.10. The van der Waals surface area contributed by atoms with Gasteiger partial charge in [0.25, 0.3) is 0 Å². The standard InChI is InChI=1S/C13H21BrN2O2/c1-17-7-3-4-11(16-15)8-10-5-6-13(18-2)12(14)9-10/h5-6,9,11,16H,3-4,7-8,15H2,1-2H3. The summed E-state index contributed by atoms with van der Waals surface area (Å²) in [6.07, 6.45) is 2.89. The van der Waals surface area contributed by atoms with Crippen molar-refractivity contribution in [2.75, 3.05) is 20.8 Å². The summed E-state index contributed by atoms with van der Waals surface area (Å²) in [5.41, 5.74) is 4.08. The maximum Gasteiger partial charge on any atom is 0.133 e. The molecule has 0 bridgehead atoms. The van der Waals surface area contributed by atoms with Crippen molar-refractivity contribution in [2.45, 2.75) is 25.3 Å². The van der Waals surface area contributed by atoms with Crippen LogP contribution >= 0.6 is 15.9 Å². The van der Waals surface area contributed by atoms with Gasteiger partial charge in [0, 0.05) is 19.8 Å². The lowest BCUT2D eigenvalue weighted by Gasteiger charge is -2.16. The Morgan fingerprint density at radius 2 is 2.17 bits per heavy atom. The molecule has 1 unspecified atom stereocenters. The van der Waals surface area contributed by atoms with E-state index in [1.807, 2.05) is 6.07 Å². The van der Waals surface area contributed by atoms with Crippen LogP contribution in [-0.2, 0) is 11.2 Å². The zero-order valence-electron chi connectivity index (χ0n) is 10.9. The molecule has 0 saturated heterocycles. The molecule has 1 aromatic carbocycles. The molecule has 0 amide bonds.